The lowest BCUT2D eigenvalue weighted by Gasteiger charge is -2.57. The molecule has 0 aromatic rings. The summed E-state index contributed by atoms with van der Waals surface area (Å²) in [5.41, 5.74) is 5.78. The first kappa shape index (κ1) is 17.3. The van der Waals surface area contributed by atoms with E-state index in [1.54, 1.807) is 12.0 Å². The van der Waals surface area contributed by atoms with Gasteiger partial charge in [-0.15, -0.1) is 0 Å². The van der Waals surface area contributed by atoms with Crippen molar-refractivity contribution in [3.63, 3.8) is 0 Å². The van der Waals surface area contributed by atoms with Gasteiger partial charge in [-0.25, -0.2) is 0 Å². The molecule has 6 heteroatoms. The minimum Gasteiger partial charge on any atom is -0.383 e. The van der Waals surface area contributed by atoms with Crippen LogP contribution >= 0.6 is 0 Å². The maximum absolute atomic E-state index is 13.3. The van der Waals surface area contributed by atoms with Crippen LogP contribution in [0.2, 0.25) is 0 Å². The van der Waals surface area contributed by atoms with Crippen molar-refractivity contribution in [2.75, 3.05) is 39.9 Å². The Hall–Kier alpha value is -1.14. The van der Waals surface area contributed by atoms with Crippen molar-refractivity contribution in [3.05, 3.63) is 0 Å². The van der Waals surface area contributed by atoms with E-state index >= 15 is 0 Å². The molecule has 140 valence electrons. The molecule has 1 heterocycles. The summed E-state index contributed by atoms with van der Waals surface area (Å²) in [7, 11) is 1.55. The molecule has 4 saturated carbocycles. The van der Waals surface area contributed by atoms with Crippen LogP contribution in [0.4, 0.5) is 0 Å². The molecule has 4 bridgehead atoms. The van der Waals surface area contributed by atoms with Crippen LogP contribution in [-0.4, -0.2) is 67.6 Å². The fraction of sp³-hybridized carbons (Fsp3) is 0.895. The quantitative estimate of drug-likeness (QED) is 0.816. The van der Waals surface area contributed by atoms with Gasteiger partial charge < -0.3 is 20.3 Å². The van der Waals surface area contributed by atoms with Crippen LogP contribution in [0.25, 0.3) is 0 Å². The van der Waals surface area contributed by atoms with Crippen LogP contribution in [0.3, 0.4) is 0 Å². The average Bonchev–Trinajstić information content (AvgIpc) is 2.59. The summed E-state index contributed by atoms with van der Waals surface area (Å²) < 4.78 is 4.98. The molecule has 2 amide bonds. The predicted molar refractivity (Wildman–Crippen MR) is 93.6 cm³/mol. The fourth-order valence-corrected chi connectivity index (χ4v) is 6.32. The molecule has 5 fully saturated rings. The van der Waals surface area contributed by atoms with E-state index in [-0.39, 0.29) is 17.9 Å². The van der Waals surface area contributed by atoms with Crippen molar-refractivity contribution >= 4 is 11.8 Å². The number of hydrogen-bond acceptors (Lipinski definition) is 4. The van der Waals surface area contributed by atoms with Gasteiger partial charge >= 0.3 is 0 Å². The Kier molecular flexibility index (Phi) is 4.52. The first-order valence-corrected chi connectivity index (χ1v) is 9.83. The highest BCUT2D eigenvalue weighted by molar-refractivity contribution is 5.85. The lowest BCUT2D eigenvalue weighted by Crippen LogP contribution is -2.60. The molecule has 2 N–H and O–H groups in total. The molecule has 1 aliphatic heterocycles. The van der Waals surface area contributed by atoms with Gasteiger partial charge in [-0.3, -0.25) is 9.59 Å². The summed E-state index contributed by atoms with van der Waals surface area (Å²) in [6.07, 6.45) is 7.38. The number of carbonyl (C=O) groups is 2. The van der Waals surface area contributed by atoms with Crippen molar-refractivity contribution in [1.29, 1.82) is 0 Å². The minimum absolute atomic E-state index is 0.0660. The van der Waals surface area contributed by atoms with E-state index in [4.69, 9.17) is 10.5 Å². The SMILES string of the molecule is COCC(N)C(=O)N1CCN(C(=O)C23CC4CC(CC(C4)C2)C3)CC1. The Labute approximate surface area is 150 Å². The largest absolute Gasteiger partial charge is 0.383 e. The smallest absolute Gasteiger partial charge is 0.241 e. The molecule has 0 spiro atoms. The third-order valence-corrected chi connectivity index (χ3v) is 7.03. The van der Waals surface area contributed by atoms with Gasteiger partial charge in [-0.1, -0.05) is 0 Å². The molecule has 1 atom stereocenters. The first-order chi connectivity index (χ1) is 12.0. The fourth-order valence-electron chi connectivity index (χ4n) is 6.32. The monoisotopic (exact) mass is 349 g/mol. The molecule has 1 saturated heterocycles. The molecule has 4 aliphatic carbocycles. The molecule has 25 heavy (non-hydrogen) atoms. The summed E-state index contributed by atoms with van der Waals surface area (Å²) in [6, 6.07) is -0.601. The lowest BCUT2D eigenvalue weighted by molar-refractivity contribution is -0.160. The van der Waals surface area contributed by atoms with E-state index in [0.717, 1.165) is 37.0 Å². The second-order valence-electron chi connectivity index (χ2n) is 8.88. The van der Waals surface area contributed by atoms with Gasteiger partial charge in [0.1, 0.15) is 6.04 Å². The van der Waals surface area contributed by atoms with E-state index in [2.05, 4.69) is 0 Å². The number of rotatable bonds is 4. The van der Waals surface area contributed by atoms with Gasteiger partial charge in [-0.05, 0) is 56.3 Å². The standard InChI is InChI=1S/C19H31N3O3/c1-25-12-16(20)17(23)21-2-4-22(5-3-21)18(24)19-9-13-6-14(10-19)8-15(7-13)11-19/h13-16H,2-12,20H2,1H3. The second-order valence-corrected chi connectivity index (χ2v) is 8.88. The number of hydrogen-bond donors (Lipinski definition) is 1. The van der Waals surface area contributed by atoms with Gasteiger partial charge in [0.2, 0.25) is 11.8 Å². The number of nitrogens with two attached hydrogens (primary N) is 1. The molecule has 0 radical (unpaired) electrons. The van der Waals surface area contributed by atoms with Crippen LogP contribution in [0.15, 0.2) is 0 Å². The molecule has 5 aliphatic rings. The lowest BCUT2D eigenvalue weighted by atomic mass is 9.49. The van der Waals surface area contributed by atoms with Crippen molar-refractivity contribution in [1.82, 2.24) is 9.80 Å². The zero-order valence-corrected chi connectivity index (χ0v) is 15.3. The van der Waals surface area contributed by atoms with Gasteiger partial charge in [0, 0.05) is 33.3 Å². The van der Waals surface area contributed by atoms with Crippen LogP contribution in [-0.2, 0) is 14.3 Å². The van der Waals surface area contributed by atoms with Crippen molar-refractivity contribution in [2.45, 2.75) is 44.6 Å². The summed E-state index contributed by atoms with van der Waals surface area (Å²) in [5.74, 6) is 2.66. The maximum Gasteiger partial charge on any atom is 0.241 e. The molecule has 5 rings (SSSR count). The van der Waals surface area contributed by atoms with Crippen LogP contribution < -0.4 is 5.73 Å². The number of carbonyl (C=O) groups excluding carboxylic acids is 2. The van der Waals surface area contributed by atoms with Crippen molar-refractivity contribution < 1.29 is 14.3 Å². The Morgan fingerprint density at radius 2 is 1.48 bits per heavy atom. The topological polar surface area (TPSA) is 75.9 Å². The minimum atomic E-state index is -0.601. The van der Waals surface area contributed by atoms with Crippen molar-refractivity contribution in [3.8, 4) is 0 Å². The Bertz CT molecular complexity index is 507. The third kappa shape index (κ3) is 3.08. The van der Waals surface area contributed by atoms with E-state index in [9.17, 15) is 9.59 Å². The highest BCUT2D eigenvalue weighted by Crippen LogP contribution is 2.60. The summed E-state index contributed by atoms with van der Waals surface area (Å²) in [4.78, 5) is 29.5. The Morgan fingerprint density at radius 1 is 1.00 bits per heavy atom. The molecular weight excluding hydrogens is 318 g/mol. The van der Waals surface area contributed by atoms with Gasteiger partial charge in [0.05, 0.1) is 12.0 Å². The number of nitrogens with zero attached hydrogens (tertiary/aromatic N) is 2. The molecule has 1 unspecified atom stereocenters. The van der Waals surface area contributed by atoms with E-state index in [0.29, 0.717) is 32.1 Å². The second kappa shape index (κ2) is 6.54. The van der Waals surface area contributed by atoms with Gasteiger partial charge in [-0.2, -0.15) is 0 Å². The zero-order valence-electron chi connectivity index (χ0n) is 15.3. The normalized spacial score (nSPS) is 38.1. The molecular formula is C19H31N3O3. The maximum atomic E-state index is 13.3. The van der Waals surface area contributed by atoms with E-state index in [1.807, 2.05) is 4.90 Å². The molecule has 0 aromatic carbocycles. The van der Waals surface area contributed by atoms with Crippen LogP contribution in [0.5, 0.6) is 0 Å². The molecule has 6 nitrogen and oxygen atoms in total. The van der Waals surface area contributed by atoms with Gasteiger partial charge in [0.25, 0.3) is 0 Å². The first-order valence-electron chi connectivity index (χ1n) is 9.83. The summed E-state index contributed by atoms with van der Waals surface area (Å²) in [5, 5.41) is 0. The number of ether oxygens (including phenoxy) is 1. The van der Waals surface area contributed by atoms with Crippen LogP contribution in [0.1, 0.15) is 38.5 Å². The number of amides is 2. The predicted octanol–water partition coefficient (Wildman–Crippen LogP) is 0.847. The van der Waals surface area contributed by atoms with E-state index in [1.165, 1.54) is 19.3 Å². The van der Waals surface area contributed by atoms with Gasteiger partial charge in [0.15, 0.2) is 0 Å². The summed E-state index contributed by atoms with van der Waals surface area (Å²) in [6.45, 7) is 2.71. The average molecular weight is 349 g/mol. The van der Waals surface area contributed by atoms with E-state index < -0.39 is 6.04 Å². The zero-order chi connectivity index (χ0) is 17.6. The Morgan fingerprint density at radius 3 is 1.96 bits per heavy atom. The highest BCUT2D eigenvalue weighted by atomic mass is 16.5. The number of methoxy groups -OCH3 is 1. The summed E-state index contributed by atoms with van der Waals surface area (Å²) >= 11 is 0. The van der Waals surface area contributed by atoms with Crippen LogP contribution in [0, 0.1) is 23.2 Å². The van der Waals surface area contributed by atoms with Crippen molar-refractivity contribution in [2.24, 2.45) is 28.9 Å². The molecule has 0 aromatic heterocycles. The third-order valence-electron chi connectivity index (χ3n) is 7.03. The number of piperazine rings is 1. The Balaban J connectivity index is 1.36. The highest BCUT2D eigenvalue weighted by Gasteiger charge is 2.55.